The molecule has 2 heterocycles. The molecule has 0 unspecified atom stereocenters. The zero-order valence-corrected chi connectivity index (χ0v) is 12.3. The fourth-order valence-corrected chi connectivity index (χ4v) is 2.56. The Labute approximate surface area is 124 Å². The highest BCUT2D eigenvalue weighted by atomic mass is 16.3. The number of hydrogen-bond donors (Lipinski definition) is 1. The van der Waals surface area contributed by atoms with E-state index in [9.17, 15) is 9.59 Å². The molecule has 0 atom stereocenters. The highest BCUT2D eigenvalue weighted by Gasteiger charge is 2.27. The summed E-state index contributed by atoms with van der Waals surface area (Å²) >= 11 is 0. The van der Waals surface area contributed by atoms with Crippen molar-refractivity contribution in [2.24, 2.45) is 5.92 Å². The van der Waals surface area contributed by atoms with Crippen LogP contribution >= 0.6 is 0 Å². The number of carbonyl (C=O) groups is 2. The van der Waals surface area contributed by atoms with Gasteiger partial charge in [0, 0.05) is 32.7 Å². The standard InChI is InChI=1S/C15H21N3O3/c1-11-13(4-9-21-11)14(19)17-5-7-18(8-6-17)15(20)16-10-12-2-3-12/h4,9,12H,2-3,5-8,10H2,1H3,(H,16,20). The van der Waals surface area contributed by atoms with Crippen LogP contribution in [0, 0.1) is 12.8 Å². The number of nitrogens with zero attached hydrogens (tertiary/aromatic N) is 2. The van der Waals surface area contributed by atoms with Crippen molar-refractivity contribution in [3.05, 3.63) is 23.7 Å². The van der Waals surface area contributed by atoms with Crippen LogP contribution in [0.15, 0.2) is 16.7 Å². The van der Waals surface area contributed by atoms with E-state index in [-0.39, 0.29) is 11.9 Å². The Balaban J connectivity index is 1.49. The molecule has 114 valence electrons. The first-order valence-corrected chi connectivity index (χ1v) is 7.51. The van der Waals surface area contributed by atoms with Crippen molar-refractivity contribution in [1.29, 1.82) is 0 Å². The zero-order valence-electron chi connectivity index (χ0n) is 12.3. The number of urea groups is 1. The van der Waals surface area contributed by atoms with Gasteiger partial charge in [0.2, 0.25) is 0 Å². The summed E-state index contributed by atoms with van der Waals surface area (Å²) in [6.45, 7) is 4.87. The van der Waals surface area contributed by atoms with E-state index < -0.39 is 0 Å². The Kier molecular flexibility index (Phi) is 3.86. The molecular formula is C15H21N3O3. The third kappa shape index (κ3) is 3.20. The molecule has 0 spiro atoms. The molecule has 21 heavy (non-hydrogen) atoms. The lowest BCUT2D eigenvalue weighted by atomic mass is 10.2. The molecule has 6 heteroatoms. The summed E-state index contributed by atoms with van der Waals surface area (Å²) < 4.78 is 5.17. The number of furan rings is 1. The largest absolute Gasteiger partial charge is 0.469 e. The fourth-order valence-electron chi connectivity index (χ4n) is 2.56. The molecule has 0 aromatic carbocycles. The summed E-state index contributed by atoms with van der Waals surface area (Å²) in [5.41, 5.74) is 0.613. The van der Waals surface area contributed by atoms with Gasteiger partial charge in [-0.1, -0.05) is 0 Å². The van der Waals surface area contributed by atoms with Crippen LogP contribution in [-0.2, 0) is 0 Å². The van der Waals surface area contributed by atoms with E-state index in [1.807, 2.05) is 0 Å². The fraction of sp³-hybridized carbons (Fsp3) is 0.600. The Bertz CT molecular complexity index is 528. The highest BCUT2D eigenvalue weighted by molar-refractivity contribution is 5.95. The van der Waals surface area contributed by atoms with Gasteiger partial charge in [-0.2, -0.15) is 0 Å². The van der Waals surface area contributed by atoms with Gasteiger partial charge in [-0.3, -0.25) is 4.79 Å². The lowest BCUT2D eigenvalue weighted by Crippen LogP contribution is -2.53. The van der Waals surface area contributed by atoms with Gasteiger partial charge in [0.15, 0.2) is 0 Å². The normalized spacial score (nSPS) is 18.7. The van der Waals surface area contributed by atoms with Gasteiger partial charge in [0.05, 0.1) is 11.8 Å². The Morgan fingerprint density at radius 3 is 2.48 bits per heavy atom. The van der Waals surface area contributed by atoms with Crippen LogP contribution in [0.5, 0.6) is 0 Å². The monoisotopic (exact) mass is 291 g/mol. The number of rotatable bonds is 3. The molecule has 1 saturated heterocycles. The number of aryl methyl sites for hydroxylation is 1. The molecule has 1 saturated carbocycles. The Morgan fingerprint density at radius 1 is 1.24 bits per heavy atom. The van der Waals surface area contributed by atoms with Crippen LogP contribution in [-0.4, -0.2) is 54.5 Å². The van der Waals surface area contributed by atoms with Crippen molar-refractivity contribution in [2.75, 3.05) is 32.7 Å². The van der Waals surface area contributed by atoms with Crippen LogP contribution in [0.25, 0.3) is 0 Å². The van der Waals surface area contributed by atoms with Gasteiger partial charge in [0.1, 0.15) is 5.76 Å². The first-order valence-electron chi connectivity index (χ1n) is 7.51. The van der Waals surface area contributed by atoms with E-state index in [4.69, 9.17) is 4.42 Å². The first-order chi connectivity index (χ1) is 10.1. The van der Waals surface area contributed by atoms with Crippen molar-refractivity contribution in [3.8, 4) is 0 Å². The molecule has 1 aliphatic carbocycles. The van der Waals surface area contributed by atoms with Gasteiger partial charge in [0.25, 0.3) is 5.91 Å². The predicted molar refractivity (Wildman–Crippen MR) is 77.0 cm³/mol. The van der Waals surface area contributed by atoms with Crippen LogP contribution < -0.4 is 5.32 Å². The van der Waals surface area contributed by atoms with E-state index in [2.05, 4.69) is 5.32 Å². The number of piperazine rings is 1. The summed E-state index contributed by atoms with van der Waals surface area (Å²) in [6, 6.07) is 1.69. The molecule has 2 fully saturated rings. The molecule has 0 bridgehead atoms. The second kappa shape index (κ2) is 5.79. The van der Waals surface area contributed by atoms with Gasteiger partial charge in [-0.15, -0.1) is 0 Å². The van der Waals surface area contributed by atoms with Gasteiger partial charge in [-0.05, 0) is 31.7 Å². The van der Waals surface area contributed by atoms with Crippen LogP contribution in [0.3, 0.4) is 0 Å². The van der Waals surface area contributed by atoms with E-state index in [1.54, 1.807) is 22.8 Å². The third-order valence-corrected chi connectivity index (χ3v) is 4.18. The van der Waals surface area contributed by atoms with E-state index in [0.717, 1.165) is 6.54 Å². The minimum absolute atomic E-state index is 0.00603. The van der Waals surface area contributed by atoms with Gasteiger partial charge < -0.3 is 19.5 Å². The minimum atomic E-state index is -0.0145. The minimum Gasteiger partial charge on any atom is -0.469 e. The lowest BCUT2D eigenvalue weighted by Gasteiger charge is -2.34. The smallest absolute Gasteiger partial charge is 0.317 e. The summed E-state index contributed by atoms with van der Waals surface area (Å²) in [5.74, 6) is 1.31. The van der Waals surface area contributed by atoms with Crippen molar-refractivity contribution in [3.63, 3.8) is 0 Å². The molecule has 1 N–H and O–H groups in total. The maximum atomic E-state index is 12.3. The van der Waals surface area contributed by atoms with E-state index in [0.29, 0.717) is 43.4 Å². The SMILES string of the molecule is Cc1occc1C(=O)N1CCN(C(=O)NCC2CC2)CC1. The van der Waals surface area contributed by atoms with E-state index in [1.165, 1.54) is 19.1 Å². The van der Waals surface area contributed by atoms with Gasteiger partial charge in [-0.25, -0.2) is 4.79 Å². The third-order valence-electron chi connectivity index (χ3n) is 4.18. The number of hydrogen-bond acceptors (Lipinski definition) is 3. The van der Waals surface area contributed by atoms with Crippen molar-refractivity contribution < 1.29 is 14.0 Å². The maximum Gasteiger partial charge on any atom is 0.317 e. The number of amides is 3. The average molecular weight is 291 g/mol. The van der Waals surface area contributed by atoms with Crippen LogP contribution in [0.2, 0.25) is 0 Å². The second-order valence-electron chi connectivity index (χ2n) is 5.80. The molecule has 1 aromatic heterocycles. The predicted octanol–water partition coefficient (Wildman–Crippen LogP) is 1.47. The van der Waals surface area contributed by atoms with Crippen LogP contribution in [0.1, 0.15) is 29.0 Å². The summed E-state index contributed by atoms with van der Waals surface area (Å²) in [6.07, 6.45) is 3.99. The van der Waals surface area contributed by atoms with Crippen molar-refractivity contribution >= 4 is 11.9 Å². The summed E-state index contributed by atoms with van der Waals surface area (Å²) in [5, 5.41) is 2.96. The number of carbonyl (C=O) groups excluding carboxylic acids is 2. The maximum absolute atomic E-state index is 12.3. The zero-order chi connectivity index (χ0) is 14.8. The van der Waals surface area contributed by atoms with Crippen molar-refractivity contribution in [1.82, 2.24) is 15.1 Å². The molecule has 1 aromatic rings. The molecule has 1 aliphatic heterocycles. The summed E-state index contributed by atoms with van der Waals surface area (Å²) in [4.78, 5) is 27.9. The lowest BCUT2D eigenvalue weighted by molar-refractivity contribution is 0.0663. The topological polar surface area (TPSA) is 65.8 Å². The highest BCUT2D eigenvalue weighted by Crippen LogP contribution is 2.27. The van der Waals surface area contributed by atoms with Crippen molar-refractivity contribution in [2.45, 2.75) is 19.8 Å². The molecule has 6 nitrogen and oxygen atoms in total. The van der Waals surface area contributed by atoms with E-state index >= 15 is 0 Å². The molecule has 0 radical (unpaired) electrons. The molecule has 3 rings (SSSR count). The number of nitrogens with one attached hydrogen (secondary N) is 1. The average Bonchev–Trinajstić information content (AvgIpc) is 3.24. The molecular weight excluding hydrogens is 270 g/mol. The molecule has 2 aliphatic rings. The quantitative estimate of drug-likeness (QED) is 0.917. The second-order valence-corrected chi connectivity index (χ2v) is 5.80. The molecule has 3 amide bonds. The Hall–Kier alpha value is -1.98. The first kappa shape index (κ1) is 14.0. The van der Waals surface area contributed by atoms with Gasteiger partial charge >= 0.3 is 6.03 Å². The summed E-state index contributed by atoms with van der Waals surface area (Å²) in [7, 11) is 0. The Morgan fingerprint density at radius 2 is 1.90 bits per heavy atom. The van der Waals surface area contributed by atoms with Crippen LogP contribution in [0.4, 0.5) is 4.79 Å².